The first kappa shape index (κ1) is 14.5. The van der Waals surface area contributed by atoms with Crippen LogP contribution in [0.15, 0.2) is 42.0 Å². The van der Waals surface area contributed by atoms with E-state index >= 15 is 0 Å². The van der Waals surface area contributed by atoms with Crippen LogP contribution < -0.4 is 0 Å². The van der Waals surface area contributed by atoms with Gasteiger partial charge in [0.05, 0.1) is 0 Å². The van der Waals surface area contributed by atoms with Gasteiger partial charge in [-0.15, -0.1) is 0 Å². The van der Waals surface area contributed by atoms with E-state index in [1.807, 2.05) is 6.07 Å². The molecule has 0 spiro atoms. The second kappa shape index (κ2) is 8.51. The van der Waals surface area contributed by atoms with E-state index < -0.39 is 0 Å². The molecule has 0 amide bonds. The number of ether oxygens (including phenoxy) is 1. The van der Waals surface area contributed by atoms with Crippen molar-refractivity contribution in [2.75, 3.05) is 6.61 Å². The van der Waals surface area contributed by atoms with Gasteiger partial charge in [-0.25, -0.2) is 0 Å². The highest BCUT2D eigenvalue weighted by Gasteiger charge is 1.99. The van der Waals surface area contributed by atoms with Crippen molar-refractivity contribution in [3.63, 3.8) is 0 Å². The number of benzene rings is 1. The van der Waals surface area contributed by atoms with E-state index in [9.17, 15) is 4.79 Å². The first-order valence-corrected chi connectivity index (χ1v) is 6.57. The summed E-state index contributed by atoms with van der Waals surface area (Å²) in [5.74, 6) is -0.208. The van der Waals surface area contributed by atoms with Crippen LogP contribution >= 0.6 is 0 Å². The van der Waals surface area contributed by atoms with Crippen LogP contribution in [0.5, 0.6) is 0 Å². The molecule has 1 aromatic rings. The van der Waals surface area contributed by atoms with Gasteiger partial charge in [0.25, 0.3) is 0 Å². The smallest absolute Gasteiger partial charge is 0.302 e. The normalized spacial score (nSPS) is 11.3. The molecule has 0 heterocycles. The van der Waals surface area contributed by atoms with Crippen LogP contribution in [-0.2, 0) is 16.0 Å². The average molecular weight is 246 g/mol. The highest BCUT2D eigenvalue weighted by atomic mass is 16.5. The number of carbonyl (C=O) groups is 1. The molecule has 0 aliphatic rings. The molecule has 0 fully saturated rings. The Bertz CT molecular complexity index is 379. The molecule has 2 heteroatoms. The SMILES string of the molecule is CCC/C(=C/CCc1ccccc1)COC(C)=O. The molecule has 1 aromatic carbocycles. The summed E-state index contributed by atoms with van der Waals surface area (Å²) in [5.41, 5.74) is 2.57. The van der Waals surface area contributed by atoms with Crippen LogP contribution in [0.25, 0.3) is 0 Å². The summed E-state index contributed by atoms with van der Waals surface area (Å²) < 4.78 is 5.05. The van der Waals surface area contributed by atoms with Crippen molar-refractivity contribution < 1.29 is 9.53 Å². The van der Waals surface area contributed by atoms with Crippen molar-refractivity contribution in [2.24, 2.45) is 0 Å². The molecule has 0 unspecified atom stereocenters. The Labute approximate surface area is 110 Å². The number of allylic oxidation sites excluding steroid dienone is 1. The van der Waals surface area contributed by atoms with Gasteiger partial charge in [0.15, 0.2) is 0 Å². The van der Waals surface area contributed by atoms with Crippen molar-refractivity contribution in [3.05, 3.63) is 47.5 Å². The van der Waals surface area contributed by atoms with Crippen LogP contribution in [0.3, 0.4) is 0 Å². The second-order valence-electron chi connectivity index (χ2n) is 4.42. The van der Waals surface area contributed by atoms with Gasteiger partial charge in [0.1, 0.15) is 6.61 Å². The van der Waals surface area contributed by atoms with E-state index in [0.29, 0.717) is 6.61 Å². The van der Waals surface area contributed by atoms with Gasteiger partial charge in [-0.05, 0) is 30.4 Å². The summed E-state index contributed by atoms with van der Waals surface area (Å²) in [5, 5.41) is 0. The number of carbonyl (C=O) groups excluding carboxylic acids is 1. The zero-order chi connectivity index (χ0) is 13.2. The van der Waals surface area contributed by atoms with Gasteiger partial charge in [-0.3, -0.25) is 4.79 Å². The minimum atomic E-state index is -0.208. The number of hydrogen-bond acceptors (Lipinski definition) is 2. The van der Waals surface area contributed by atoms with Crippen LogP contribution in [0.4, 0.5) is 0 Å². The Morgan fingerprint density at radius 2 is 2.00 bits per heavy atom. The first-order valence-electron chi connectivity index (χ1n) is 6.57. The lowest BCUT2D eigenvalue weighted by atomic mass is 10.1. The highest BCUT2D eigenvalue weighted by Crippen LogP contribution is 2.10. The molecular formula is C16H22O2. The van der Waals surface area contributed by atoms with Crippen LogP contribution in [0.2, 0.25) is 0 Å². The molecule has 2 nitrogen and oxygen atoms in total. The second-order valence-corrected chi connectivity index (χ2v) is 4.42. The number of hydrogen-bond donors (Lipinski definition) is 0. The van der Waals surface area contributed by atoms with E-state index in [1.165, 1.54) is 18.1 Å². The molecule has 0 atom stereocenters. The monoisotopic (exact) mass is 246 g/mol. The maximum absolute atomic E-state index is 10.8. The van der Waals surface area contributed by atoms with Crippen molar-refractivity contribution in [1.29, 1.82) is 0 Å². The fourth-order valence-electron chi connectivity index (χ4n) is 1.84. The predicted molar refractivity (Wildman–Crippen MR) is 74.4 cm³/mol. The molecule has 0 aliphatic carbocycles. The summed E-state index contributed by atoms with van der Waals surface area (Å²) in [6.45, 7) is 4.03. The van der Waals surface area contributed by atoms with Crippen LogP contribution in [-0.4, -0.2) is 12.6 Å². The first-order chi connectivity index (χ1) is 8.72. The fourth-order valence-corrected chi connectivity index (χ4v) is 1.84. The van der Waals surface area contributed by atoms with Gasteiger partial charge in [-0.2, -0.15) is 0 Å². The molecule has 1 rings (SSSR count). The Balaban J connectivity index is 2.42. The van der Waals surface area contributed by atoms with E-state index in [1.54, 1.807) is 0 Å². The molecule has 98 valence electrons. The van der Waals surface area contributed by atoms with Gasteiger partial charge < -0.3 is 4.74 Å². The molecule has 0 bridgehead atoms. The van der Waals surface area contributed by atoms with Crippen molar-refractivity contribution >= 4 is 5.97 Å². The van der Waals surface area contributed by atoms with Crippen molar-refractivity contribution in [2.45, 2.75) is 39.5 Å². The molecule has 0 aliphatic heterocycles. The molecule has 0 saturated carbocycles. The maximum atomic E-state index is 10.8. The average Bonchev–Trinajstić information content (AvgIpc) is 2.37. The maximum Gasteiger partial charge on any atom is 0.302 e. The molecule has 0 aromatic heterocycles. The van der Waals surface area contributed by atoms with E-state index in [0.717, 1.165) is 25.7 Å². The molecular weight excluding hydrogens is 224 g/mol. The van der Waals surface area contributed by atoms with Crippen molar-refractivity contribution in [1.82, 2.24) is 0 Å². The Hall–Kier alpha value is -1.57. The summed E-state index contributed by atoms with van der Waals surface area (Å²) in [6, 6.07) is 10.4. The number of rotatable bonds is 7. The molecule has 0 saturated heterocycles. The predicted octanol–water partition coefficient (Wildman–Crippen LogP) is 3.91. The molecule has 0 N–H and O–H groups in total. The summed E-state index contributed by atoms with van der Waals surface area (Å²) >= 11 is 0. The number of esters is 1. The minimum absolute atomic E-state index is 0.208. The van der Waals surface area contributed by atoms with Gasteiger partial charge in [-0.1, -0.05) is 49.8 Å². The Morgan fingerprint density at radius 3 is 2.61 bits per heavy atom. The summed E-state index contributed by atoms with van der Waals surface area (Å²) in [6.07, 6.45) is 6.33. The largest absolute Gasteiger partial charge is 0.461 e. The van der Waals surface area contributed by atoms with Gasteiger partial charge >= 0.3 is 5.97 Å². The topological polar surface area (TPSA) is 26.3 Å². The highest BCUT2D eigenvalue weighted by molar-refractivity contribution is 5.66. The Morgan fingerprint density at radius 1 is 1.28 bits per heavy atom. The standard InChI is InChI=1S/C16H22O2/c1-3-8-16(13-18-14(2)17)12-7-11-15-9-5-4-6-10-15/h4-6,9-10,12H,3,7-8,11,13H2,1-2H3/b16-12-. The molecule has 18 heavy (non-hydrogen) atoms. The zero-order valence-corrected chi connectivity index (χ0v) is 11.3. The zero-order valence-electron chi connectivity index (χ0n) is 11.3. The third-order valence-corrected chi connectivity index (χ3v) is 2.74. The number of aryl methyl sites for hydroxylation is 1. The lowest BCUT2D eigenvalue weighted by molar-refractivity contribution is -0.140. The van der Waals surface area contributed by atoms with Gasteiger partial charge in [0.2, 0.25) is 0 Å². The van der Waals surface area contributed by atoms with E-state index in [4.69, 9.17) is 4.74 Å². The van der Waals surface area contributed by atoms with Gasteiger partial charge in [0, 0.05) is 6.92 Å². The lowest BCUT2D eigenvalue weighted by Gasteiger charge is -2.06. The van der Waals surface area contributed by atoms with Crippen LogP contribution in [0, 0.1) is 0 Å². The third-order valence-electron chi connectivity index (χ3n) is 2.74. The summed E-state index contributed by atoms with van der Waals surface area (Å²) in [4.78, 5) is 10.8. The van der Waals surface area contributed by atoms with E-state index in [-0.39, 0.29) is 5.97 Å². The lowest BCUT2D eigenvalue weighted by Crippen LogP contribution is -2.03. The third kappa shape index (κ3) is 6.24. The fraction of sp³-hybridized carbons (Fsp3) is 0.438. The van der Waals surface area contributed by atoms with E-state index in [2.05, 4.69) is 37.3 Å². The Kier molecular flexibility index (Phi) is 6.85. The van der Waals surface area contributed by atoms with Crippen molar-refractivity contribution in [3.8, 4) is 0 Å². The summed E-state index contributed by atoms with van der Waals surface area (Å²) in [7, 11) is 0. The quantitative estimate of drug-likeness (QED) is 0.538. The molecule has 0 radical (unpaired) electrons. The van der Waals surface area contributed by atoms with Crippen LogP contribution in [0.1, 0.15) is 38.7 Å². The minimum Gasteiger partial charge on any atom is -0.461 e.